The van der Waals surface area contributed by atoms with E-state index < -0.39 is 0 Å². The number of fused-ring (bicyclic) bond motifs is 3. The molecule has 4 aromatic rings. The lowest BCUT2D eigenvalue weighted by molar-refractivity contribution is 0.401. The fourth-order valence-corrected chi connectivity index (χ4v) is 6.46. The van der Waals surface area contributed by atoms with Crippen LogP contribution in [-0.4, -0.2) is 13.1 Å². The zero-order chi connectivity index (χ0) is 26.8. The van der Waals surface area contributed by atoms with Crippen LogP contribution in [0.25, 0.3) is 33.7 Å². The Bertz CT molecular complexity index is 1710. The van der Waals surface area contributed by atoms with E-state index in [-0.39, 0.29) is 10.8 Å². The smallest absolute Gasteiger partial charge is 0.101 e. The SMILES string of the molecule is Cc1ccc2c(c1)c(C#N)c(C#N)c1cc(C=Cc3cc4c5c(c3)C(C)(C)CCN5CCC4(C)C)ccc12. The van der Waals surface area contributed by atoms with Crippen LogP contribution in [0.2, 0.25) is 0 Å². The van der Waals surface area contributed by atoms with Crippen molar-refractivity contribution in [1.82, 2.24) is 0 Å². The zero-order valence-corrected chi connectivity index (χ0v) is 22.9. The Morgan fingerprint density at radius 1 is 0.684 bits per heavy atom. The molecule has 3 heteroatoms. The number of aryl methyl sites for hydroxylation is 1. The van der Waals surface area contributed by atoms with Gasteiger partial charge in [-0.05, 0) is 81.8 Å². The van der Waals surface area contributed by atoms with Crippen molar-refractivity contribution in [3.8, 4) is 12.1 Å². The molecule has 0 fully saturated rings. The standard InChI is InChI=1S/C35H33N3/c1-22-6-10-25-26-11-9-23(17-28(26)30(21-37)29(20-36)27(25)16-22)7-8-24-18-31-33-32(19-24)35(4,5)13-15-38(33)14-12-34(31,2)3/h6-11,16-19H,12-15H2,1-5H3. The van der Waals surface area contributed by atoms with Gasteiger partial charge in [-0.2, -0.15) is 10.5 Å². The van der Waals surface area contributed by atoms with Gasteiger partial charge >= 0.3 is 0 Å². The molecule has 0 N–H and O–H groups in total. The van der Waals surface area contributed by atoms with E-state index in [1.807, 2.05) is 13.0 Å². The van der Waals surface area contributed by atoms with Gasteiger partial charge in [0, 0.05) is 29.5 Å². The largest absolute Gasteiger partial charge is 0.371 e. The highest BCUT2D eigenvalue weighted by Gasteiger charge is 2.39. The van der Waals surface area contributed by atoms with Crippen LogP contribution in [0.5, 0.6) is 0 Å². The molecule has 0 aliphatic carbocycles. The Morgan fingerprint density at radius 3 is 1.79 bits per heavy atom. The van der Waals surface area contributed by atoms with Gasteiger partial charge in [-0.15, -0.1) is 0 Å². The molecule has 38 heavy (non-hydrogen) atoms. The van der Waals surface area contributed by atoms with E-state index in [9.17, 15) is 10.5 Å². The Balaban J connectivity index is 1.49. The van der Waals surface area contributed by atoms with Gasteiger partial charge in [0.2, 0.25) is 0 Å². The summed E-state index contributed by atoms with van der Waals surface area (Å²) in [5.41, 5.74) is 8.91. The van der Waals surface area contributed by atoms with Crippen LogP contribution < -0.4 is 4.90 Å². The molecule has 2 heterocycles. The van der Waals surface area contributed by atoms with Gasteiger partial charge in [0.1, 0.15) is 12.1 Å². The van der Waals surface area contributed by atoms with Crippen molar-refractivity contribution in [3.05, 3.63) is 87.5 Å². The lowest BCUT2D eigenvalue weighted by Gasteiger charge is -2.48. The van der Waals surface area contributed by atoms with Gasteiger partial charge < -0.3 is 4.90 Å². The van der Waals surface area contributed by atoms with Crippen molar-refractivity contribution >= 4 is 39.4 Å². The second-order valence-corrected chi connectivity index (χ2v) is 12.4. The summed E-state index contributed by atoms with van der Waals surface area (Å²) < 4.78 is 0. The number of benzene rings is 4. The molecular weight excluding hydrogens is 462 g/mol. The summed E-state index contributed by atoms with van der Waals surface area (Å²) >= 11 is 0. The molecular formula is C35H33N3. The molecule has 0 atom stereocenters. The molecule has 4 aromatic carbocycles. The third kappa shape index (κ3) is 3.69. The van der Waals surface area contributed by atoms with E-state index in [2.05, 4.69) is 99.3 Å². The van der Waals surface area contributed by atoms with E-state index in [1.165, 1.54) is 35.2 Å². The minimum absolute atomic E-state index is 0.148. The predicted molar refractivity (Wildman–Crippen MR) is 158 cm³/mol. The molecule has 0 saturated carbocycles. The fraction of sp³-hybridized carbons (Fsp3) is 0.314. The normalized spacial score (nSPS) is 17.4. The summed E-state index contributed by atoms with van der Waals surface area (Å²) in [6.07, 6.45) is 6.69. The van der Waals surface area contributed by atoms with Crippen LogP contribution in [0.15, 0.2) is 48.5 Å². The summed E-state index contributed by atoms with van der Waals surface area (Å²) in [7, 11) is 0. The molecule has 0 radical (unpaired) electrons. The van der Waals surface area contributed by atoms with E-state index in [0.29, 0.717) is 11.1 Å². The topological polar surface area (TPSA) is 50.8 Å². The number of anilines is 1. The molecule has 0 aromatic heterocycles. The first kappa shape index (κ1) is 24.3. The minimum Gasteiger partial charge on any atom is -0.371 e. The molecule has 188 valence electrons. The van der Waals surface area contributed by atoms with Crippen LogP contribution in [0.3, 0.4) is 0 Å². The monoisotopic (exact) mass is 495 g/mol. The van der Waals surface area contributed by atoms with Gasteiger partial charge in [0.05, 0.1) is 11.1 Å². The van der Waals surface area contributed by atoms with E-state index in [1.54, 1.807) is 0 Å². The molecule has 2 aliphatic rings. The number of nitriles is 2. The molecule has 0 amide bonds. The molecule has 0 bridgehead atoms. The summed E-state index contributed by atoms with van der Waals surface area (Å²) in [5, 5.41) is 23.7. The van der Waals surface area contributed by atoms with Gasteiger partial charge in [0.25, 0.3) is 0 Å². The van der Waals surface area contributed by atoms with Crippen LogP contribution in [0, 0.1) is 29.6 Å². The van der Waals surface area contributed by atoms with Gasteiger partial charge in [-0.25, -0.2) is 0 Å². The maximum Gasteiger partial charge on any atom is 0.101 e. The maximum absolute atomic E-state index is 10.0. The Labute approximate surface area is 225 Å². The van der Waals surface area contributed by atoms with Crippen LogP contribution in [0.1, 0.15) is 79.5 Å². The zero-order valence-electron chi connectivity index (χ0n) is 22.9. The Kier molecular flexibility index (Phi) is 5.41. The first-order chi connectivity index (χ1) is 18.1. The molecule has 0 unspecified atom stereocenters. The first-order valence-electron chi connectivity index (χ1n) is 13.6. The lowest BCUT2D eigenvalue weighted by Crippen LogP contribution is -2.44. The maximum atomic E-state index is 10.0. The third-order valence-corrected chi connectivity index (χ3v) is 8.91. The van der Waals surface area contributed by atoms with Crippen molar-refractivity contribution in [3.63, 3.8) is 0 Å². The second kappa shape index (κ2) is 8.47. The molecule has 3 nitrogen and oxygen atoms in total. The van der Waals surface area contributed by atoms with E-state index >= 15 is 0 Å². The highest BCUT2D eigenvalue weighted by atomic mass is 15.2. The Morgan fingerprint density at radius 2 is 1.21 bits per heavy atom. The van der Waals surface area contributed by atoms with Crippen LogP contribution in [-0.2, 0) is 10.8 Å². The van der Waals surface area contributed by atoms with Crippen LogP contribution >= 0.6 is 0 Å². The van der Waals surface area contributed by atoms with Gasteiger partial charge in [0.15, 0.2) is 0 Å². The summed E-state index contributed by atoms with van der Waals surface area (Å²) in [5.74, 6) is 0. The molecule has 0 saturated heterocycles. The predicted octanol–water partition coefficient (Wildman–Crippen LogP) is 8.38. The van der Waals surface area contributed by atoms with Crippen molar-refractivity contribution < 1.29 is 0 Å². The van der Waals surface area contributed by atoms with E-state index in [0.717, 1.165) is 45.8 Å². The summed E-state index contributed by atoms with van der Waals surface area (Å²) in [6.45, 7) is 13.8. The molecule has 6 rings (SSSR count). The molecule has 2 aliphatic heterocycles. The highest BCUT2D eigenvalue weighted by Crippen LogP contribution is 2.49. The van der Waals surface area contributed by atoms with Crippen molar-refractivity contribution in [2.24, 2.45) is 0 Å². The number of nitrogens with zero attached hydrogens (tertiary/aromatic N) is 3. The number of rotatable bonds is 2. The quantitative estimate of drug-likeness (QED) is 0.207. The highest BCUT2D eigenvalue weighted by molar-refractivity contribution is 6.13. The van der Waals surface area contributed by atoms with Crippen LogP contribution in [0.4, 0.5) is 5.69 Å². The van der Waals surface area contributed by atoms with Crippen molar-refractivity contribution in [2.75, 3.05) is 18.0 Å². The Hall–Kier alpha value is -4.08. The average Bonchev–Trinajstić information content (AvgIpc) is 2.89. The molecule has 0 spiro atoms. The minimum atomic E-state index is 0.148. The summed E-state index contributed by atoms with van der Waals surface area (Å²) in [6, 6.07) is 21.8. The average molecular weight is 496 g/mol. The number of hydrogen-bond acceptors (Lipinski definition) is 3. The third-order valence-electron chi connectivity index (χ3n) is 8.91. The van der Waals surface area contributed by atoms with Crippen molar-refractivity contribution in [2.45, 2.75) is 58.3 Å². The second-order valence-electron chi connectivity index (χ2n) is 12.4. The first-order valence-corrected chi connectivity index (χ1v) is 13.6. The van der Waals surface area contributed by atoms with Gasteiger partial charge in [-0.3, -0.25) is 0 Å². The van der Waals surface area contributed by atoms with Crippen molar-refractivity contribution in [1.29, 1.82) is 10.5 Å². The fourth-order valence-electron chi connectivity index (χ4n) is 6.46. The lowest BCUT2D eigenvalue weighted by atomic mass is 9.69. The summed E-state index contributed by atoms with van der Waals surface area (Å²) in [4.78, 5) is 2.60. The van der Waals surface area contributed by atoms with Gasteiger partial charge in [-0.1, -0.05) is 75.7 Å². The van der Waals surface area contributed by atoms with E-state index in [4.69, 9.17) is 0 Å². The number of hydrogen-bond donors (Lipinski definition) is 0.